The number of pyridine rings is 1. The third kappa shape index (κ3) is 1.94. The zero-order chi connectivity index (χ0) is 10.8. The van der Waals surface area contributed by atoms with E-state index in [4.69, 9.17) is 5.73 Å². The molecule has 0 aliphatic rings. The van der Waals surface area contributed by atoms with E-state index in [1.165, 1.54) is 5.00 Å². The summed E-state index contributed by atoms with van der Waals surface area (Å²) < 4.78 is 0. The molecule has 0 unspecified atom stereocenters. The molecule has 2 rings (SSSR count). The summed E-state index contributed by atoms with van der Waals surface area (Å²) in [4.78, 5) is 6.49. The highest BCUT2D eigenvalue weighted by atomic mass is 32.1. The topological polar surface area (TPSA) is 42.2 Å². The van der Waals surface area contributed by atoms with Crippen LogP contribution < -0.4 is 10.6 Å². The number of rotatable bonds is 2. The van der Waals surface area contributed by atoms with Crippen molar-refractivity contribution < 1.29 is 0 Å². The molecular weight excluding hydrogens is 206 g/mol. The summed E-state index contributed by atoms with van der Waals surface area (Å²) in [6.07, 6.45) is 0. The number of nitrogens with two attached hydrogens (primary N) is 1. The molecule has 78 valence electrons. The third-order valence-corrected chi connectivity index (χ3v) is 3.24. The van der Waals surface area contributed by atoms with Crippen molar-refractivity contribution in [3.05, 3.63) is 35.3 Å². The average molecular weight is 219 g/mol. The first kappa shape index (κ1) is 9.98. The van der Waals surface area contributed by atoms with Crippen molar-refractivity contribution in [2.45, 2.75) is 6.92 Å². The summed E-state index contributed by atoms with van der Waals surface area (Å²) in [6, 6.07) is 7.92. The predicted octanol–water partition coefficient (Wildman–Crippen LogP) is 2.80. The normalized spacial score (nSPS) is 10.3. The molecule has 0 aliphatic carbocycles. The van der Waals surface area contributed by atoms with Gasteiger partial charge in [0.05, 0.1) is 16.4 Å². The van der Waals surface area contributed by atoms with Crippen LogP contribution in [-0.4, -0.2) is 12.0 Å². The number of aromatic nitrogens is 1. The second-order valence-electron chi connectivity index (χ2n) is 3.35. The molecule has 2 aromatic rings. The van der Waals surface area contributed by atoms with Crippen LogP contribution in [0.15, 0.2) is 29.6 Å². The van der Waals surface area contributed by atoms with Crippen molar-refractivity contribution >= 4 is 27.8 Å². The Morgan fingerprint density at radius 2 is 2.13 bits per heavy atom. The summed E-state index contributed by atoms with van der Waals surface area (Å²) in [6.45, 7) is 1.92. The summed E-state index contributed by atoms with van der Waals surface area (Å²) in [5.41, 5.74) is 7.33. The Bertz CT molecular complexity index is 451. The summed E-state index contributed by atoms with van der Waals surface area (Å²) in [5.74, 6) is 0.921. The zero-order valence-corrected chi connectivity index (χ0v) is 9.58. The van der Waals surface area contributed by atoms with Crippen molar-refractivity contribution in [3.8, 4) is 0 Å². The van der Waals surface area contributed by atoms with Crippen molar-refractivity contribution in [1.82, 2.24) is 4.98 Å². The van der Waals surface area contributed by atoms with Crippen LogP contribution in [0, 0.1) is 6.92 Å². The van der Waals surface area contributed by atoms with E-state index in [1.807, 2.05) is 32.2 Å². The molecule has 15 heavy (non-hydrogen) atoms. The van der Waals surface area contributed by atoms with Crippen LogP contribution in [0.3, 0.4) is 0 Å². The van der Waals surface area contributed by atoms with Gasteiger partial charge in [-0.15, -0.1) is 11.3 Å². The number of aryl methyl sites for hydroxylation is 1. The fourth-order valence-electron chi connectivity index (χ4n) is 1.32. The average Bonchev–Trinajstić information content (AvgIpc) is 2.74. The first-order chi connectivity index (χ1) is 7.18. The largest absolute Gasteiger partial charge is 0.397 e. The van der Waals surface area contributed by atoms with Gasteiger partial charge in [0.2, 0.25) is 0 Å². The highest BCUT2D eigenvalue weighted by Crippen LogP contribution is 2.27. The van der Waals surface area contributed by atoms with Crippen LogP contribution in [0.25, 0.3) is 0 Å². The van der Waals surface area contributed by atoms with E-state index in [0.29, 0.717) is 0 Å². The highest BCUT2D eigenvalue weighted by molar-refractivity contribution is 7.14. The Morgan fingerprint density at radius 1 is 1.33 bits per heavy atom. The molecule has 0 aromatic carbocycles. The lowest BCUT2D eigenvalue weighted by atomic mass is 10.3. The van der Waals surface area contributed by atoms with Crippen LogP contribution in [0.4, 0.5) is 16.5 Å². The number of anilines is 3. The third-order valence-electron chi connectivity index (χ3n) is 2.29. The minimum absolute atomic E-state index is 0.735. The standard InChI is InChI=1S/C11H13N3S/c1-8-9(12)5-6-10(13-8)14(2)11-4-3-7-15-11/h3-7H,12H2,1-2H3. The van der Waals surface area contributed by atoms with Crippen molar-refractivity contribution in [3.63, 3.8) is 0 Å². The Kier molecular flexibility index (Phi) is 2.60. The molecule has 4 heteroatoms. The number of hydrogen-bond donors (Lipinski definition) is 1. The van der Waals surface area contributed by atoms with Crippen LogP contribution in [0.5, 0.6) is 0 Å². The van der Waals surface area contributed by atoms with Gasteiger partial charge in [0, 0.05) is 7.05 Å². The smallest absolute Gasteiger partial charge is 0.133 e. The van der Waals surface area contributed by atoms with Gasteiger partial charge in [-0.2, -0.15) is 0 Å². The van der Waals surface area contributed by atoms with E-state index >= 15 is 0 Å². The van der Waals surface area contributed by atoms with Gasteiger partial charge in [0.25, 0.3) is 0 Å². The molecule has 0 atom stereocenters. The second-order valence-corrected chi connectivity index (χ2v) is 4.28. The molecule has 0 amide bonds. The van der Waals surface area contributed by atoms with Crippen molar-refractivity contribution in [1.29, 1.82) is 0 Å². The molecule has 0 bridgehead atoms. The van der Waals surface area contributed by atoms with E-state index in [-0.39, 0.29) is 0 Å². The lowest BCUT2D eigenvalue weighted by Gasteiger charge is -2.16. The molecule has 0 radical (unpaired) electrons. The summed E-state index contributed by atoms with van der Waals surface area (Å²) >= 11 is 1.69. The SMILES string of the molecule is Cc1nc(N(C)c2cccs2)ccc1N. The van der Waals surface area contributed by atoms with Gasteiger partial charge >= 0.3 is 0 Å². The van der Waals surface area contributed by atoms with Gasteiger partial charge in [0.1, 0.15) is 5.82 Å². The molecule has 0 spiro atoms. The first-order valence-corrected chi connectivity index (χ1v) is 5.57. The quantitative estimate of drug-likeness (QED) is 0.844. The Labute approximate surface area is 93.2 Å². The molecule has 0 saturated heterocycles. The lowest BCUT2D eigenvalue weighted by Crippen LogP contribution is -2.10. The molecule has 3 nitrogen and oxygen atoms in total. The van der Waals surface area contributed by atoms with Crippen molar-refractivity contribution in [2.24, 2.45) is 0 Å². The van der Waals surface area contributed by atoms with E-state index in [9.17, 15) is 0 Å². The highest BCUT2D eigenvalue weighted by Gasteiger charge is 2.06. The molecule has 0 fully saturated rings. The number of nitrogen functional groups attached to an aromatic ring is 1. The van der Waals surface area contributed by atoms with Crippen molar-refractivity contribution in [2.75, 3.05) is 17.7 Å². The van der Waals surface area contributed by atoms with Gasteiger partial charge in [-0.3, -0.25) is 0 Å². The monoisotopic (exact) mass is 219 g/mol. The number of hydrogen-bond acceptors (Lipinski definition) is 4. The van der Waals surface area contributed by atoms with E-state index < -0.39 is 0 Å². The first-order valence-electron chi connectivity index (χ1n) is 4.69. The Morgan fingerprint density at radius 3 is 2.73 bits per heavy atom. The maximum absolute atomic E-state index is 5.73. The van der Waals surface area contributed by atoms with Crippen LogP contribution in [-0.2, 0) is 0 Å². The van der Waals surface area contributed by atoms with E-state index in [0.717, 1.165) is 17.2 Å². The van der Waals surface area contributed by atoms with Gasteiger partial charge in [-0.25, -0.2) is 4.98 Å². The molecule has 2 N–H and O–H groups in total. The summed E-state index contributed by atoms with van der Waals surface area (Å²) in [7, 11) is 2.00. The predicted molar refractivity (Wildman–Crippen MR) is 65.8 cm³/mol. The van der Waals surface area contributed by atoms with Gasteiger partial charge in [-0.05, 0) is 36.6 Å². The number of nitrogens with zero attached hydrogens (tertiary/aromatic N) is 2. The molecular formula is C11H13N3S. The van der Waals surface area contributed by atoms with Crippen LogP contribution >= 0.6 is 11.3 Å². The second kappa shape index (κ2) is 3.90. The maximum Gasteiger partial charge on any atom is 0.133 e. The summed E-state index contributed by atoms with van der Waals surface area (Å²) in [5, 5.41) is 3.22. The Hall–Kier alpha value is -1.55. The molecule has 2 aromatic heterocycles. The van der Waals surface area contributed by atoms with Gasteiger partial charge in [0.15, 0.2) is 0 Å². The van der Waals surface area contributed by atoms with Gasteiger partial charge in [-0.1, -0.05) is 0 Å². The Balaban J connectivity index is 2.34. The lowest BCUT2D eigenvalue weighted by molar-refractivity contribution is 1.11. The fourth-order valence-corrected chi connectivity index (χ4v) is 2.02. The fraction of sp³-hybridized carbons (Fsp3) is 0.182. The zero-order valence-electron chi connectivity index (χ0n) is 8.77. The van der Waals surface area contributed by atoms with Crippen LogP contribution in [0.1, 0.15) is 5.69 Å². The van der Waals surface area contributed by atoms with E-state index in [2.05, 4.69) is 21.3 Å². The van der Waals surface area contributed by atoms with E-state index in [1.54, 1.807) is 11.3 Å². The number of thiophene rings is 1. The minimum atomic E-state index is 0.735. The molecule has 0 saturated carbocycles. The molecule has 2 heterocycles. The van der Waals surface area contributed by atoms with Crippen LogP contribution in [0.2, 0.25) is 0 Å². The van der Waals surface area contributed by atoms with Gasteiger partial charge < -0.3 is 10.6 Å². The maximum atomic E-state index is 5.73. The molecule has 0 aliphatic heterocycles. The minimum Gasteiger partial charge on any atom is -0.397 e.